The molecular weight excluding hydrogens is 230 g/mol. The lowest BCUT2D eigenvalue weighted by molar-refractivity contribution is 0.0705. The lowest BCUT2D eigenvalue weighted by Gasteiger charge is -2.28. The number of hydrogen-bond acceptors (Lipinski definition) is 4. The van der Waals surface area contributed by atoms with E-state index in [2.05, 4.69) is 11.8 Å². The number of phenolic OH excluding ortho intramolecular Hbond substituents is 1. The summed E-state index contributed by atoms with van der Waals surface area (Å²) in [5.74, 6) is 0.298. The van der Waals surface area contributed by atoms with Crippen molar-refractivity contribution in [2.45, 2.75) is 19.5 Å². The van der Waals surface area contributed by atoms with Gasteiger partial charge in [0, 0.05) is 33.4 Å². The second kappa shape index (κ2) is 8.08. The average Bonchev–Trinajstić information content (AvgIpc) is 2.37. The fraction of sp³-hybridized carbons (Fsp3) is 0.571. The van der Waals surface area contributed by atoms with Gasteiger partial charge in [0.25, 0.3) is 0 Å². The van der Waals surface area contributed by atoms with Gasteiger partial charge in [0.05, 0.1) is 13.2 Å². The van der Waals surface area contributed by atoms with Crippen molar-refractivity contribution in [2.24, 2.45) is 0 Å². The Bertz CT molecular complexity index is 326. The van der Waals surface area contributed by atoms with Crippen LogP contribution >= 0.6 is 0 Å². The van der Waals surface area contributed by atoms with Crippen LogP contribution in [0.25, 0.3) is 0 Å². The molecule has 0 radical (unpaired) electrons. The summed E-state index contributed by atoms with van der Waals surface area (Å²) in [5, 5.41) is 9.27. The highest BCUT2D eigenvalue weighted by Crippen LogP contribution is 2.13. The van der Waals surface area contributed by atoms with E-state index < -0.39 is 0 Å². The third-order valence-corrected chi connectivity index (χ3v) is 2.94. The predicted octanol–water partition coefficient (Wildman–Crippen LogP) is 1.88. The van der Waals surface area contributed by atoms with Gasteiger partial charge >= 0.3 is 0 Å². The zero-order valence-corrected chi connectivity index (χ0v) is 11.4. The summed E-state index contributed by atoms with van der Waals surface area (Å²) in [6, 6.07) is 7.64. The number of hydrogen-bond donors (Lipinski definition) is 1. The molecule has 4 heteroatoms. The molecule has 0 aliphatic heterocycles. The van der Waals surface area contributed by atoms with E-state index in [0.29, 0.717) is 25.0 Å². The molecular formula is C14H23NO3. The van der Waals surface area contributed by atoms with Crippen LogP contribution in [0.3, 0.4) is 0 Å². The number of rotatable bonds is 8. The van der Waals surface area contributed by atoms with Gasteiger partial charge in [-0.05, 0) is 24.6 Å². The van der Waals surface area contributed by atoms with Gasteiger partial charge in [-0.25, -0.2) is 0 Å². The van der Waals surface area contributed by atoms with Crippen molar-refractivity contribution in [3.8, 4) is 5.75 Å². The maximum absolute atomic E-state index is 9.27. The van der Waals surface area contributed by atoms with Gasteiger partial charge in [0.15, 0.2) is 0 Å². The highest BCUT2D eigenvalue weighted by molar-refractivity contribution is 5.25. The Morgan fingerprint density at radius 2 is 1.83 bits per heavy atom. The Hall–Kier alpha value is -1.10. The molecule has 18 heavy (non-hydrogen) atoms. The van der Waals surface area contributed by atoms with Crippen LogP contribution in [0.15, 0.2) is 24.3 Å². The third-order valence-electron chi connectivity index (χ3n) is 2.94. The molecule has 0 aromatic heterocycles. The third kappa shape index (κ3) is 5.04. The van der Waals surface area contributed by atoms with E-state index in [4.69, 9.17) is 9.47 Å². The normalized spacial score (nSPS) is 12.9. The molecule has 0 bridgehead atoms. The molecule has 1 aromatic carbocycles. The predicted molar refractivity (Wildman–Crippen MR) is 71.7 cm³/mol. The largest absolute Gasteiger partial charge is 0.508 e. The molecule has 0 saturated heterocycles. The number of benzene rings is 1. The van der Waals surface area contributed by atoms with Gasteiger partial charge in [-0.1, -0.05) is 12.1 Å². The molecule has 0 aliphatic carbocycles. The average molecular weight is 253 g/mol. The summed E-state index contributed by atoms with van der Waals surface area (Å²) >= 11 is 0. The molecule has 1 aromatic rings. The molecule has 0 saturated carbocycles. The lowest BCUT2D eigenvalue weighted by atomic mass is 10.2. The second-order valence-corrected chi connectivity index (χ2v) is 4.43. The maximum atomic E-state index is 9.27. The minimum atomic E-state index is 0.298. The summed E-state index contributed by atoms with van der Waals surface area (Å²) < 4.78 is 10.3. The summed E-state index contributed by atoms with van der Waals surface area (Å²) in [4.78, 5) is 2.30. The van der Waals surface area contributed by atoms with Gasteiger partial charge in [0.1, 0.15) is 5.75 Å². The number of methoxy groups -OCH3 is 2. The number of nitrogens with zero attached hydrogens (tertiary/aromatic N) is 1. The van der Waals surface area contributed by atoms with Crippen LogP contribution in [0.5, 0.6) is 5.75 Å². The molecule has 0 fully saturated rings. The second-order valence-electron chi connectivity index (χ2n) is 4.43. The molecule has 0 heterocycles. The number of ether oxygens (including phenoxy) is 2. The maximum Gasteiger partial charge on any atom is 0.115 e. The van der Waals surface area contributed by atoms with Crippen molar-refractivity contribution in [3.63, 3.8) is 0 Å². The minimum absolute atomic E-state index is 0.298. The number of phenols is 1. The highest BCUT2D eigenvalue weighted by Gasteiger charge is 2.13. The Kier molecular flexibility index (Phi) is 6.72. The Labute approximate surface area is 109 Å². The van der Waals surface area contributed by atoms with Crippen LogP contribution in [0.2, 0.25) is 0 Å². The summed E-state index contributed by atoms with van der Waals surface area (Å²) in [6.07, 6.45) is 0. The Morgan fingerprint density at radius 3 is 2.39 bits per heavy atom. The first-order chi connectivity index (χ1) is 8.67. The quantitative estimate of drug-likeness (QED) is 0.768. The van der Waals surface area contributed by atoms with E-state index in [1.165, 1.54) is 5.56 Å². The lowest BCUT2D eigenvalue weighted by Crippen LogP contribution is -2.38. The minimum Gasteiger partial charge on any atom is -0.508 e. The van der Waals surface area contributed by atoms with E-state index in [9.17, 15) is 5.11 Å². The summed E-state index contributed by atoms with van der Waals surface area (Å²) in [6.45, 7) is 5.23. The van der Waals surface area contributed by atoms with Crippen LogP contribution in [0, 0.1) is 0 Å². The molecule has 1 N–H and O–H groups in total. The molecule has 0 aliphatic rings. The van der Waals surface area contributed by atoms with E-state index in [1.807, 2.05) is 12.1 Å². The highest BCUT2D eigenvalue weighted by atomic mass is 16.5. The molecule has 1 rings (SSSR count). The molecule has 0 amide bonds. The van der Waals surface area contributed by atoms with Crippen molar-refractivity contribution >= 4 is 0 Å². The molecule has 1 unspecified atom stereocenters. The molecule has 0 spiro atoms. The first-order valence-electron chi connectivity index (χ1n) is 6.17. The molecule has 4 nitrogen and oxygen atoms in total. The van der Waals surface area contributed by atoms with Crippen molar-refractivity contribution in [1.82, 2.24) is 4.90 Å². The fourth-order valence-electron chi connectivity index (χ4n) is 1.85. The topological polar surface area (TPSA) is 41.9 Å². The van der Waals surface area contributed by atoms with Crippen LogP contribution in [-0.2, 0) is 16.0 Å². The Balaban J connectivity index is 2.61. The van der Waals surface area contributed by atoms with Crippen LogP contribution in [-0.4, -0.2) is 50.0 Å². The van der Waals surface area contributed by atoms with E-state index in [1.54, 1.807) is 26.4 Å². The standard InChI is InChI=1S/C14H23NO3/c1-12(11-18-3)15(8-9-17-2)10-13-4-6-14(16)7-5-13/h4-7,12,16H,8-11H2,1-3H3. The van der Waals surface area contributed by atoms with Crippen molar-refractivity contribution in [3.05, 3.63) is 29.8 Å². The van der Waals surface area contributed by atoms with E-state index >= 15 is 0 Å². The van der Waals surface area contributed by atoms with E-state index in [-0.39, 0.29) is 0 Å². The zero-order chi connectivity index (χ0) is 13.4. The first-order valence-corrected chi connectivity index (χ1v) is 6.17. The first kappa shape index (κ1) is 15.0. The molecule has 1 atom stereocenters. The Morgan fingerprint density at radius 1 is 1.17 bits per heavy atom. The van der Waals surface area contributed by atoms with Gasteiger partial charge in [-0.15, -0.1) is 0 Å². The SMILES string of the molecule is COCCN(Cc1ccc(O)cc1)C(C)COC. The molecule has 102 valence electrons. The van der Waals surface area contributed by atoms with Gasteiger partial charge < -0.3 is 14.6 Å². The van der Waals surface area contributed by atoms with Crippen molar-refractivity contribution in [2.75, 3.05) is 34.0 Å². The van der Waals surface area contributed by atoms with Crippen molar-refractivity contribution < 1.29 is 14.6 Å². The van der Waals surface area contributed by atoms with Crippen LogP contribution in [0.1, 0.15) is 12.5 Å². The van der Waals surface area contributed by atoms with E-state index in [0.717, 1.165) is 13.1 Å². The summed E-state index contributed by atoms with van der Waals surface area (Å²) in [5.41, 5.74) is 1.17. The number of aromatic hydroxyl groups is 1. The van der Waals surface area contributed by atoms with Gasteiger partial charge in [0.2, 0.25) is 0 Å². The smallest absolute Gasteiger partial charge is 0.115 e. The van der Waals surface area contributed by atoms with Crippen molar-refractivity contribution in [1.29, 1.82) is 0 Å². The van der Waals surface area contributed by atoms with Crippen LogP contribution in [0.4, 0.5) is 0 Å². The van der Waals surface area contributed by atoms with Gasteiger partial charge in [-0.2, -0.15) is 0 Å². The monoisotopic (exact) mass is 253 g/mol. The summed E-state index contributed by atoms with van der Waals surface area (Å²) in [7, 11) is 3.42. The zero-order valence-electron chi connectivity index (χ0n) is 11.4. The van der Waals surface area contributed by atoms with Crippen LogP contribution < -0.4 is 0 Å². The van der Waals surface area contributed by atoms with Gasteiger partial charge in [-0.3, -0.25) is 4.90 Å². The fourth-order valence-corrected chi connectivity index (χ4v) is 1.85.